The van der Waals surface area contributed by atoms with Crippen LogP contribution in [0.1, 0.15) is 43.5 Å². The lowest BCUT2D eigenvalue weighted by molar-refractivity contribution is -0.132. The van der Waals surface area contributed by atoms with Gasteiger partial charge >= 0.3 is 0 Å². The molecule has 1 aliphatic rings. The van der Waals surface area contributed by atoms with Gasteiger partial charge in [-0.05, 0) is 73.9 Å². The molecule has 38 heavy (non-hydrogen) atoms. The minimum absolute atomic E-state index is 0.0854. The maximum atomic E-state index is 13.5. The zero-order valence-electron chi connectivity index (χ0n) is 21.8. The van der Waals surface area contributed by atoms with E-state index in [1.807, 2.05) is 32.9 Å². The number of aliphatic hydroxyl groups is 1. The third-order valence-electron chi connectivity index (χ3n) is 6.37. The third kappa shape index (κ3) is 5.07. The quantitative estimate of drug-likeness (QED) is 0.196. The van der Waals surface area contributed by atoms with Crippen molar-refractivity contribution in [1.82, 2.24) is 0 Å². The lowest BCUT2D eigenvalue weighted by Gasteiger charge is -2.26. The van der Waals surface area contributed by atoms with Crippen LogP contribution in [0.5, 0.6) is 17.2 Å². The molecule has 1 unspecified atom stereocenters. The van der Waals surface area contributed by atoms with Crippen molar-refractivity contribution in [2.24, 2.45) is 0 Å². The van der Waals surface area contributed by atoms with E-state index in [1.54, 1.807) is 48.5 Å². The topological polar surface area (TPSA) is 85.3 Å². The summed E-state index contributed by atoms with van der Waals surface area (Å²) in [5.41, 5.74) is 2.28. The number of carbonyl (C=O) groups excluding carboxylic acids is 2. The van der Waals surface area contributed by atoms with E-state index in [-0.39, 0.29) is 21.9 Å². The van der Waals surface area contributed by atoms with Gasteiger partial charge in [-0.3, -0.25) is 14.5 Å². The molecule has 1 saturated heterocycles. The normalized spacial score (nSPS) is 16.6. The predicted octanol–water partition coefficient (Wildman–Crippen LogP) is 6.33. The van der Waals surface area contributed by atoms with Crippen molar-refractivity contribution in [2.45, 2.75) is 33.2 Å². The van der Waals surface area contributed by atoms with E-state index in [9.17, 15) is 14.7 Å². The number of nitrogens with zero attached hydrogens (tertiary/aromatic N) is 1. The van der Waals surface area contributed by atoms with E-state index in [4.69, 9.17) is 25.8 Å². The van der Waals surface area contributed by atoms with Gasteiger partial charge in [0, 0.05) is 11.3 Å². The van der Waals surface area contributed by atoms with Crippen molar-refractivity contribution in [3.8, 4) is 17.2 Å². The Balaban J connectivity index is 1.96. The number of halogens is 1. The molecule has 1 atom stereocenters. The van der Waals surface area contributed by atoms with Gasteiger partial charge in [0.25, 0.3) is 11.7 Å². The number of methoxy groups -OCH3 is 1. The van der Waals surface area contributed by atoms with E-state index in [1.165, 1.54) is 12.0 Å². The van der Waals surface area contributed by atoms with Crippen LogP contribution in [0.3, 0.4) is 0 Å². The van der Waals surface area contributed by atoms with E-state index >= 15 is 0 Å². The molecule has 0 radical (unpaired) electrons. The lowest BCUT2D eigenvalue weighted by Crippen LogP contribution is -2.29. The zero-order chi connectivity index (χ0) is 27.4. The number of aryl methyl sites for hydroxylation is 1. The van der Waals surface area contributed by atoms with Gasteiger partial charge in [-0.25, -0.2) is 0 Å². The van der Waals surface area contributed by atoms with Crippen LogP contribution in [0.25, 0.3) is 5.76 Å². The Hall–Kier alpha value is -3.97. The number of anilines is 1. The highest BCUT2D eigenvalue weighted by molar-refractivity contribution is 6.52. The van der Waals surface area contributed by atoms with Crippen LogP contribution >= 0.6 is 11.6 Å². The number of rotatable bonds is 9. The van der Waals surface area contributed by atoms with Crippen molar-refractivity contribution < 1.29 is 28.9 Å². The number of hydrogen-bond donors (Lipinski definition) is 1. The highest BCUT2D eigenvalue weighted by Crippen LogP contribution is 2.45. The number of ketones is 1. The maximum absolute atomic E-state index is 13.5. The molecule has 0 aromatic heterocycles. The fraction of sp³-hybridized carbons (Fsp3) is 0.267. The molecule has 1 aliphatic heterocycles. The van der Waals surface area contributed by atoms with Gasteiger partial charge < -0.3 is 19.3 Å². The molecule has 4 rings (SSSR count). The van der Waals surface area contributed by atoms with Gasteiger partial charge in [-0.2, -0.15) is 0 Å². The molecule has 3 aromatic rings. The maximum Gasteiger partial charge on any atom is 0.300 e. The monoisotopic (exact) mass is 535 g/mol. The van der Waals surface area contributed by atoms with Gasteiger partial charge in [0.05, 0.1) is 37.0 Å². The van der Waals surface area contributed by atoms with E-state index in [2.05, 4.69) is 0 Å². The number of carbonyl (C=O) groups is 2. The summed E-state index contributed by atoms with van der Waals surface area (Å²) in [6.07, 6.45) is 0.827. The summed E-state index contributed by atoms with van der Waals surface area (Å²) in [4.78, 5) is 28.4. The van der Waals surface area contributed by atoms with Gasteiger partial charge in [-0.1, -0.05) is 36.7 Å². The standard InChI is InChI=1S/C30H30ClNO6/c1-5-18-8-11-20(12-9-18)32-27(19-10-15-24(36-4)25(16-19)38-7-3)26(29(34)30(32)35)28(33)22-17-21(37-6-2)13-14-23(22)31/h8-17,27,33H,5-7H2,1-4H3/b28-26+. The first-order valence-corrected chi connectivity index (χ1v) is 12.9. The fourth-order valence-electron chi connectivity index (χ4n) is 4.53. The Labute approximate surface area is 227 Å². The fourth-order valence-corrected chi connectivity index (χ4v) is 4.73. The molecule has 1 N–H and O–H groups in total. The molecule has 0 bridgehead atoms. The molecule has 8 heteroatoms. The van der Waals surface area contributed by atoms with Crippen molar-refractivity contribution in [1.29, 1.82) is 0 Å². The van der Waals surface area contributed by atoms with Crippen molar-refractivity contribution in [2.75, 3.05) is 25.2 Å². The van der Waals surface area contributed by atoms with Crippen molar-refractivity contribution in [3.05, 3.63) is 87.9 Å². The Morgan fingerprint density at radius 2 is 1.63 bits per heavy atom. The van der Waals surface area contributed by atoms with Gasteiger partial charge in [0.1, 0.15) is 11.5 Å². The number of benzene rings is 3. The van der Waals surface area contributed by atoms with Crippen molar-refractivity contribution >= 4 is 34.7 Å². The molecule has 1 amide bonds. The highest BCUT2D eigenvalue weighted by atomic mass is 35.5. The molecule has 0 aliphatic carbocycles. The molecule has 0 saturated carbocycles. The zero-order valence-corrected chi connectivity index (χ0v) is 22.5. The summed E-state index contributed by atoms with van der Waals surface area (Å²) < 4.78 is 16.8. The number of ether oxygens (including phenoxy) is 3. The predicted molar refractivity (Wildman–Crippen MR) is 147 cm³/mol. The number of aliphatic hydroxyl groups excluding tert-OH is 1. The minimum atomic E-state index is -0.945. The first-order valence-electron chi connectivity index (χ1n) is 12.5. The van der Waals surface area contributed by atoms with Crippen LogP contribution in [0, 0.1) is 0 Å². The lowest BCUT2D eigenvalue weighted by atomic mass is 9.94. The SMILES string of the molecule is CCOc1ccc(Cl)c(/C(O)=C2\C(=O)C(=O)N(c3ccc(CC)cc3)C2c2ccc(OC)c(OCC)c2)c1. The Morgan fingerprint density at radius 3 is 2.26 bits per heavy atom. The van der Waals surface area contributed by atoms with Crippen LogP contribution in [-0.2, 0) is 16.0 Å². The Morgan fingerprint density at radius 1 is 0.921 bits per heavy atom. The molecule has 198 valence electrons. The second kappa shape index (κ2) is 11.6. The first kappa shape index (κ1) is 27.1. The van der Waals surface area contributed by atoms with Crippen LogP contribution < -0.4 is 19.1 Å². The van der Waals surface area contributed by atoms with Crippen LogP contribution in [-0.4, -0.2) is 37.1 Å². The van der Waals surface area contributed by atoms with Crippen LogP contribution in [0.4, 0.5) is 5.69 Å². The van der Waals surface area contributed by atoms with Crippen LogP contribution in [0.15, 0.2) is 66.2 Å². The molecule has 0 spiro atoms. The van der Waals surface area contributed by atoms with Gasteiger partial charge in [0.2, 0.25) is 0 Å². The number of hydrogen-bond acceptors (Lipinski definition) is 6. The summed E-state index contributed by atoms with van der Waals surface area (Å²) in [7, 11) is 1.53. The third-order valence-corrected chi connectivity index (χ3v) is 6.70. The molecule has 3 aromatic carbocycles. The minimum Gasteiger partial charge on any atom is -0.507 e. The smallest absolute Gasteiger partial charge is 0.300 e. The van der Waals surface area contributed by atoms with Crippen molar-refractivity contribution in [3.63, 3.8) is 0 Å². The van der Waals surface area contributed by atoms with E-state index in [0.29, 0.717) is 41.7 Å². The average Bonchev–Trinajstić information content (AvgIpc) is 3.19. The van der Waals surface area contributed by atoms with Gasteiger partial charge in [0.15, 0.2) is 11.5 Å². The molecule has 1 heterocycles. The summed E-state index contributed by atoms with van der Waals surface area (Å²) in [6.45, 7) is 6.52. The molecule has 1 fully saturated rings. The van der Waals surface area contributed by atoms with E-state index < -0.39 is 17.7 Å². The average molecular weight is 536 g/mol. The molecular weight excluding hydrogens is 506 g/mol. The highest BCUT2D eigenvalue weighted by Gasteiger charge is 2.47. The van der Waals surface area contributed by atoms with Gasteiger partial charge in [-0.15, -0.1) is 0 Å². The number of Topliss-reactive ketones (excluding diaryl/α,β-unsaturated/α-hetero) is 1. The summed E-state index contributed by atoms with van der Waals surface area (Å²) in [5.74, 6) is -0.530. The summed E-state index contributed by atoms with van der Waals surface area (Å²) in [5, 5.41) is 11.7. The Bertz CT molecular complexity index is 1380. The van der Waals surface area contributed by atoms with E-state index in [0.717, 1.165) is 12.0 Å². The summed E-state index contributed by atoms with van der Waals surface area (Å²) in [6, 6.07) is 16.5. The number of amides is 1. The second-order valence-electron chi connectivity index (χ2n) is 8.61. The molecule has 7 nitrogen and oxygen atoms in total. The largest absolute Gasteiger partial charge is 0.507 e. The van der Waals surface area contributed by atoms with Crippen LogP contribution in [0.2, 0.25) is 5.02 Å². The second-order valence-corrected chi connectivity index (χ2v) is 9.01. The summed E-state index contributed by atoms with van der Waals surface area (Å²) >= 11 is 6.44. The first-order chi connectivity index (χ1) is 18.3. The molecular formula is C30H30ClNO6. The Kier molecular flexibility index (Phi) is 8.27.